The summed E-state index contributed by atoms with van der Waals surface area (Å²) in [5.41, 5.74) is 1.05. The topological polar surface area (TPSA) is 64.9 Å². The maximum atomic E-state index is 11.2. The molecule has 0 saturated heterocycles. The third-order valence-corrected chi connectivity index (χ3v) is 1.60. The van der Waals surface area contributed by atoms with Gasteiger partial charge in [-0.1, -0.05) is 12.0 Å². The Bertz CT molecular complexity index is 440. The zero-order valence-electron chi connectivity index (χ0n) is 7.95. The van der Waals surface area contributed by atoms with E-state index in [9.17, 15) is 4.79 Å². The highest BCUT2D eigenvalue weighted by atomic mass is 16.2. The number of rotatable bonds is 2. The van der Waals surface area contributed by atoms with E-state index in [4.69, 9.17) is 11.7 Å². The van der Waals surface area contributed by atoms with Gasteiger partial charge in [-0.25, -0.2) is 4.79 Å². The molecule has 1 aromatic rings. The Morgan fingerprint density at radius 3 is 3.00 bits per heavy atom. The number of nitrogens with zero attached hydrogens (tertiary/aromatic N) is 1. The number of nitrogens with one attached hydrogen (secondary N) is 2. The number of hydrogen-bond donors (Lipinski definition) is 2. The second-order valence-corrected chi connectivity index (χ2v) is 2.70. The lowest BCUT2D eigenvalue weighted by atomic mass is 10.2. The Balaban J connectivity index is 2.62. The van der Waals surface area contributed by atoms with Gasteiger partial charge in [0.25, 0.3) is 0 Å². The van der Waals surface area contributed by atoms with Crippen molar-refractivity contribution >= 4 is 11.7 Å². The molecule has 2 amide bonds. The summed E-state index contributed by atoms with van der Waals surface area (Å²) in [6.45, 7) is 0.170. The minimum atomic E-state index is -0.386. The lowest BCUT2D eigenvalue weighted by Crippen LogP contribution is -2.28. The van der Waals surface area contributed by atoms with Gasteiger partial charge in [0.15, 0.2) is 0 Å². The number of hydrogen-bond acceptors (Lipinski definition) is 2. The van der Waals surface area contributed by atoms with Crippen molar-refractivity contribution in [2.24, 2.45) is 0 Å². The van der Waals surface area contributed by atoms with Crippen LogP contribution in [0.3, 0.4) is 0 Å². The van der Waals surface area contributed by atoms with Crippen LogP contribution in [-0.2, 0) is 0 Å². The number of carbonyl (C=O) groups is 1. The monoisotopic (exact) mass is 199 g/mol. The van der Waals surface area contributed by atoms with Gasteiger partial charge in [-0.05, 0) is 18.2 Å². The van der Waals surface area contributed by atoms with Crippen molar-refractivity contribution in [3.8, 4) is 18.4 Å². The fourth-order valence-corrected chi connectivity index (χ4v) is 0.973. The van der Waals surface area contributed by atoms with Crippen LogP contribution in [0.4, 0.5) is 10.5 Å². The first-order valence-electron chi connectivity index (χ1n) is 4.24. The molecule has 0 aliphatic carbocycles. The molecule has 0 unspecified atom stereocenters. The third-order valence-electron chi connectivity index (χ3n) is 1.60. The second kappa shape index (κ2) is 5.31. The largest absolute Gasteiger partial charge is 0.327 e. The molecule has 0 radical (unpaired) electrons. The molecule has 0 heterocycles. The van der Waals surface area contributed by atoms with Crippen LogP contribution in [0.2, 0.25) is 0 Å². The molecule has 4 heteroatoms. The van der Waals surface area contributed by atoms with E-state index in [1.807, 2.05) is 6.07 Å². The van der Waals surface area contributed by atoms with E-state index in [0.717, 1.165) is 0 Å². The fraction of sp³-hybridized carbons (Fsp3) is 0.0909. The number of nitriles is 1. The molecule has 0 bridgehead atoms. The molecule has 0 aliphatic rings. The minimum Gasteiger partial charge on any atom is -0.327 e. The number of terminal acetylenes is 1. The van der Waals surface area contributed by atoms with E-state index in [2.05, 4.69) is 16.6 Å². The molecule has 0 fully saturated rings. The average Bonchev–Trinajstić information content (AvgIpc) is 2.26. The number of anilines is 1. The normalized spacial score (nSPS) is 8.40. The standard InChI is InChI=1S/C11H9N3O/c1-2-6-13-11(15)14-10-5-3-4-9(7-10)8-12/h1,3-5,7H,6H2,(H2,13,14,15). The Morgan fingerprint density at radius 1 is 1.53 bits per heavy atom. The number of amides is 2. The maximum absolute atomic E-state index is 11.2. The summed E-state index contributed by atoms with van der Waals surface area (Å²) in [7, 11) is 0. The van der Waals surface area contributed by atoms with Gasteiger partial charge in [0.1, 0.15) is 0 Å². The molecule has 1 aromatic carbocycles. The van der Waals surface area contributed by atoms with Gasteiger partial charge in [-0.2, -0.15) is 5.26 Å². The van der Waals surface area contributed by atoms with Crippen molar-refractivity contribution in [1.82, 2.24) is 5.32 Å². The lowest BCUT2D eigenvalue weighted by molar-refractivity contribution is 0.253. The first-order chi connectivity index (χ1) is 7.26. The molecule has 0 aliphatic heterocycles. The average molecular weight is 199 g/mol. The molecular formula is C11H9N3O. The third kappa shape index (κ3) is 3.41. The molecule has 15 heavy (non-hydrogen) atoms. The lowest BCUT2D eigenvalue weighted by Gasteiger charge is -2.04. The van der Waals surface area contributed by atoms with Crippen molar-refractivity contribution in [2.45, 2.75) is 0 Å². The molecule has 0 spiro atoms. The first-order valence-corrected chi connectivity index (χ1v) is 4.24. The quantitative estimate of drug-likeness (QED) is 0.705. The Kier molecular flexibility index (Phi) is 3.76. The van der Waals surface area contributed by atoms with Crippen molar-refractivity contribution in [2.75, 3.05) is 11.9 Å². The van der Waals surface area contributed by atoms with E-state index in [0.29, 0.717) is 11.3 Å². The van der Waals surface area contributed by atoms with Gasteiger partial charge in [0.2, 0.25) is 0 Å². The molecule has 1 rings (SSSR count). The molecule has 0 aromatic heterocycles. The van der Waals surface area contributed by atoms with Gasteiger partial charge in [0, 0.05) is 5.69 Å². The SMILES string of the molecule is C#CCNC(=O)Nc1cccc(C#N)c1. The summed E-state index contributed by atoms with van der Waals surface area (Å²) in [4.78, 5) is 11.2. The summed E-state index contributed by atoms with van der Waals surface area (Å²) in [6, 6.07) is 8.21. The van der Waals surface area contributed by atoms with Crippen molar-refractivity contribution in [3.05, 3.63) is 29.8 Å². The molecule has 74 valence electrons. The van der Waals surface area contributed by atoms with Crippen LogP contribution in [-0.4, -0.2) is 12.6 Å². The number of urea groups is 1. The molecule has 0 atom stereocenters. The highest BCUT2D eigenvalue weighted by Crippen LogP contribution is 2.08. The summed E-state index contributed by atoms with van der Waals surface area (Å²) in [5.74, 6) is 2.28. The van der Waals surface area contributed by atoms with Crippen LogP contribution in [0, 0.1) is 23.7 Å². The van der Waals surface area contributed by atoms with Gasteiger partial charge in [-0.3, -0.25) is 0 Å². The van der Waals surface area contributed by atoms with Crippen LogP contribution in [0.1, 0.15) is 5.56 Å². The smallest absolute Gasteiger partial charge is 0.319 e. The first kappa shape index (κ1) is 10.6. The van der Waals surface area contributed by atoms with Gasteiger partial charge < -0.3 is 10.6 Å². The minimum absolute atomic E-state index is 0.170. The second-order valence-electron chi connectivity index (χ2n) is 2.70. The van der Waals surface area contributed by atoms with Crippen LogP contribution in [0.5, 0.6) is 0 Å². The highest BCUT2D eigenvalue weighted by molar-refractivity contribution is 5.89. The van der Waals surface area contributed by atoms with Gasteiger partial charge in [0.05, 0.1) is 18.2 Å². The molecule has 4 nitrogen and oxygen atoms in total. The summed E-state index contributed by atoms with van der Waals surface area (Å²) < 4.78 is 0. The van der Waals surface area contributed by atoms with Crippen LogP contribution in [0.25, 0.3) is 0 Å². The Morgan fingerprint density at radius 2 is 2.33 bits per heavy atom. The van der Waals surface area contributed by atoms with E-state index in [1.165, 1.54) is 0 Å². The van der Waals surface area contributed by atoms with E-state index >= 15 is 0 Å². The fourth-order valence-electron chi connectivity index (χ4n) is 0.973. The van der Waals surface area contributed by atoms with Crippen LogP contribution in [0.15, 0.2) is 24.3 Å². The van der Waals surface area contributed by atoms with Crippen molar-refractivity contribution in [1.29, 1.82) is 5.26 Å². The van der Waals surface area contributed by atoms with Crippen molar-refractivity contribution in [3.63, 3.8) is 0 Å². The number of carbonyl (C=O) groups excluding carboxylic acids is 1. The Hall–Kier alpha value is -2.46. The van der Waals surface area contributed by atoms with E-state index < -0.39 is 0 Å². The van der Waals surface area contributed by atoms with Crippen LogP contribution >= 0.6 is 0 Å². The highest BCUT2D eigenvalue weighted by Gasteiger charge is 2.00. The molecule has 2 N–H and O–H groups in total. The molecular weight excluding hydrogens is 190 g/mol. The number of benzene rings is 1. The molecule has 0 saturated carbocycles. The summed E-state index contributed by atoms with van der Waals surface area (Å²) >= 11 is 0. The van der Waals surface area contributed by atoms with E-state index in [-0.39, 0.29) is 12.6 Å². The zero-order valence-corrected chi connectivity index (χ0v) is 7.95. The summed E-state index contributed by atoms with van der Waals surface area (Å²) in [6.07, 6.45) is 4.98. The predicted octanol–water partition coefficient (Wildman–Crippen LogP) is 1.31. The Labute approximate surface area is 87.9 Å². The van der Waals surface area contributed by atoms with E-state index in [1.54, 1.807) is 24.3 Å². The maximum Gasteiger partial charge on any atom is 0.319 e. The van der Waals surface area contributed by atoms with Crippen molar-refractivity contribution < 1.29 is 4.79 Å². The summed E-state index contributed by atoms with van der Waals surface area (Å²) in [5, 5.41) is 13.6. The van der Waals surface area contributed by atoms with Gasteiger partial charge in [-0.15, -0.1) is 6.42 Å². The predicted molar refractivity (Wildman–Crippen MR) is 57.0 cm³/mol. The van der Waals surface area contributed by atoms with Crippen LogP contribution < -0.4 is 10.6 Å². The van der Waals surface area contributed by atoms with Gasteiger partial charge >= 0.3 is 6.03 Å². The zero-order chi connectivity index (χ0) is 11.1.